The Morgan fingerprint density at radius 2 is 1.93 bits per heavy atom. The van der Waals surface area contributed by atoms with E-state index in [1.165, 1.54) is 4.31 Å². The molecule has 1 heterocycles. The summed E-state index contributed by atoms with van der Waals surface area (Å²) in [5, 5.41) is 0. The van der Waals surface area contributed by atoms with Crippen molar-refractivity contribution in [1.29, 1.82) is 0 Å². The summed E-state index contributed by atoms with van der Waals surface area (Å²) in [7, 11) is -3.32. The van der Waals surface area contributed by atoms with Crippen LogP contribution in [0.4, 0.5) is 0 Å². The van der Waals surface area contributed by atoms with E-state index in [0.717, 1.165) is 6.42 Å². The first-order valence-corrected chi connectivity index (χ1v) is 6.35. The number of benzene rings is 1. The molecule has 1 aliphatic rings. The maximum Gasteiger partial charge on any atom is 0.243 e. The fourth-order valence-corrected chi connectivity index (χ4v) is 3.25. The molecule has 0 amide bonds. The largest absolute Gasteiger partial charge is 0.326 e. The summed E-state index contributed by atoms with van der Waals surface area (Å²) in [6.07, 6.45) is 0.742. The van der Waals surface area contributed by atoms with Gasteiger partial charge in [-0.3, -0.25) is 0 Å². The number of rotatable bonds is 2. The molecule has 1 saturated heterocycles. The topological polar surface area (TPSA) is 63.4 Å². The highest BCUT2D eigenvalue weighted by molar-refractivity contribution is 7.89. The number of nitrogens with zero attached hydrogens (tertiary/aromatic N) is 1. The quantitative estimate of drug-likeness (QED) is 0.794. The third kappa shape index (κ3) is 2.04. The normalized spacial score (nSPS) is 23.1. The van der Waals surface area contributed by atoms with E-state index >= 15 is 0 Å². The van der Waals surface area contributed by atoms with Crippen LogP contribution in [-0.2, 0) is 10.0 Å². The van der Waals surface area contributed by atoms with E-state index < -0.39 is 10.0 Å². The van der Waals surface area contributed by atoms with Gasteiger partial charge in [0.2, 0.25) is 10.0 Å². The smallest absolute Gasteiger partial charge is 0.243 e. The highest BCUT2D eigenvalue weighted by atomic mass is 32.2. The third-order valence-corrected chi connectivity index (χ3v) is 4.45. The van der Waals surface area contributed by atoms with Crippen molar-refractivity contribution in [2.24, 2.45) is 5.73 Å². The Kier molecular flexibility index (Phi) is 2.77. The Morgan fingerprint density at radius 1 is 1.27 bits per heavy atom. The lowest BCUT2D eigenvalue weighted by molar-refractivity contribution is 0.472. The summed E-state index contributed by atoms with van der Waals surface area (Å²) in [6, 6.07) is 8.45. The van der Waals surface area contributed by atoms with Gasteiger partial charge >= 0.3 is 0 Å². The van der Waals surface area contributed by atoms with E-state index in [-0.39, 0.29) is 6.04 Å². The predicted octanol–water partition coefficient (Wildman–Crippen LogP) is 0.408. The average Bonchev–Trinajstić information content (AvgIpc) is 2.67. The highest BCUT2D eigenvalue weighted by Gasteiger charge is 2.30. The first-order chi connectivity index (χ1) is 7.10. The van der Waals surface area contributed by atoms with Crippen LogP contribution in [0.1, 0.15) is 6.42 Å². The SMILES string of the molecule is NC1CCN(S(=O)(=O)c2ccccc2)C1. The molecule has 1 aromatic carbocycles. The molecule has 2 N–H and O–H groups in total. The molecule has 1 fully saturated rings. The molecule has 0 aliphatic carbocycles. The summed E-state index contributed by atoms with van der Waals surface area (Å²) in [5.74, 6) is 0. The molecule has 1 unspecified atom stereocenters. The van der Waals surface area contributed by atoms with E-state index in [0.29, 0.717) is 18.0 Å². The van der Waals surface area contributed by atoms with E-state index in [4.69, 9.17) is 5.73 Å². The minimum absolute atomic E-state index is 0.0245. The summed E-state index contributed by atoms with van der Waals surface area (Å²) in [6.45, 7) is 0.954. The van der Waals surface area contributed by atoms with Crippen LogP contribution in [0.2, 0.25) is 0 Å². The number of sulfonamides is 1. The Balaban J connectivity index is 2.28. The molecule has 0 saturated carbocycles. The lowest BCUT2D eigenvalue weighted by Gasteiger charge is -2.15. The van der Waals surface area contributed by atoms with Crippen molar-refractivity contribution < 1.29 is 8.42 Å². The molecule has 1 atom stereocenters. The van der Waals surface area contributed by atoms with Crippen LogP contribution in [0.3, 0.4) is 0 Å². The van der Waals surface area contributed by atoms with Crippen LogP contribution < -0.4 is 5.73 Å². The van der Waals surface area contributed by atoms with Crippen molar-refractivity contribution in [3.63, 3.8) is 0 Å². The lowest BCUT2D eigenvalue weighted by Crippen LogP contribution is -2.31. The summed E-state index contributed by atoms with van der Waals surface area (Å²) in [5.41, 5.74) is 5.69. The van der Waals surface area contributed by atoms with Crippen molar-refractivity contribution in [3.8, 4) is 0 Å². The van der Waals surface area contributed by atoms with Gasteiger partial charge in [-0.2, -0.15) is 4.31 Å². The number of hydrogen-bond donors (Lipinski definition) is 1. The zero-order valence-corrected chi connectivity index (χ0v) is 9.15. The Morgan fingerprint density at radius 3 is 2.47 bits per heavy atom. The fourth-order valence-electron chi connectivity index (χ4n) is 1.71. The van der Waals surface area contributed by atoms with Crippen LogP contribution in [0.25, 0.3) is 0 Å². The molecule has 82 valence electrons. The van der Waals surface area contributed by atoms with Gasteiger partial charge in [0.15, 0.2) is 0 Å². The molecule has 5 heteroatoms. The van der Waals surface area contributed by atoms with Crippen LogP contribution in [0, 0.1) is 0 Å². The Bertz CT molecular complexity index is 430. The van der Waals surface area contributed by atoms with Gasteiger partial charge in [0.1, 0.15) is 0 Å². The summed E-state index contributed by atoms with van der Waals surface area (Å²) < 4.78 is 25.6. The molecule has 4 nitrogen and oxygen atoms in total. The van der Waals surface area contributed by atoms with E-state index in [1.807, 2.05) is 0 Å². The molecule has 15 heavy (non-hydrogen) atoms. The van der Waals surface area contributed by atoms with Gasteiger partial charge in [-0.1, -0.05) is 18.2 Å². The lowest BCUT2D eigenvalue weighted by atomic mass is 10.3. The highest BCUT2D eigenvalue weighted by Crippen LogP contribution is 2.19. The zero-order chi connectivity index (χ0) is 10.9. The molecule has 0 radical (unpaired) electrons. The molecular weight excluding hydrogens is 212 g/mol. The minimum atomic E-state index is -3.32. The van der Waals surface area contributed by atoms with E-state index in [1.54, 1.807) is 30.3 Å². The second-order valence-corrected chi connectivity index (χ2v) is 5.66. The Labute approximate surface area is 89.7 Å². The fraction of sp³-hybridized carbons (Fsp3) is 0.400. The van der Waals surface area contributed by atoms with Crippen LogP contribution in [-0.4, -0.2) is 31.9 Å². The molecule has 0 spiro atoms. The average molecular weight is 226 g/mol. The minimum Gasteiger partial charge on any atom is -0.326 e. The van der Waals surface area contributed by atoms with Gasteiger partial charge in [-0.25, -0.2) is 8.42 Å². The van der Waals surface area contributed by atoms with Crippen molar-refractivity contribution in [2.75, 3.05) is 13.1 Å². The van der Waals surface area contributed by atoms with Crippen molar-refractivity contribution in [1.82, 2.24) is 4.31 Å². The van der Waals surface area contributed by atoms with Gasteiger partial charge in [-0.15, -0.1) is 0 Å². The van der Waals surface area contributed by atoms with Gasteiger partial charge in [-0.05, 0) is 18.6 Å². The molecule has 1 aliphatic heterocycles. The predicted molar refractivity (Wildman–Crippen MR) is 57.8 cm³/mol. The third-order valence-electron chi connectivity index (χ3n) is 2.57. The van der Waals surface area contributed by atoms with Gasteiger partial charge in [0.25, 0.3) is 0 Å². The molecule has 0 bridgehead atoms. The van der Waals surface area contributed by atoms with Gasteiger partial charge in [0, 0.05) is 19.1 Å². The van der Waals surface area contributed by atoms with Gasteiger partial charge < -0.3 is 5.73 Å². The first kappa shape index (κ1) is 10.6. The van der Waals surface area contributed by atoms with Gasteiger partial charge in [0.05, 0.1) is 4.90 Å². The number of nitrogens with two attached hydrogens (primary N) is 1. The molecule has 0 aromatic heterocycles. The maximum atomic E-state index is 12.1. The van der Waals surface area contributed by atoms with Crippen LogP contribution >= 0.6 is 0 Å². The summed E-state index contributed by atoms with van der Waals surface area (Å²) in [4.78, 5) is 0.346. The molecule has 2 rings (SSSR count). The summed E-state index contributed by atoms with van der Waals surface area (Å²) >= 11 is 0. The van der Waals surface area contributed by atoms with Crippen LogP contribution in [0.5, 0.6) is 0 Å². The zero-order valence-electron chi connectivity index (χ0n) is 8.33. The second-order valence-electron chi connectivity index (χ2n) is 3.72. The van der Waals surface area contributed by atoms with Crippen molar-refractivity contribution >= 4 is 10.0 Å². The van der Waals surface area contributed by atoms with Crippen molar-refractivity contribution in [3.05, 3.63) is 30.3 Å². The molecule has 1 aromatic rings. The Hall–Kier alpha value is -0.910. The first-order valence-electron chi connectivity index (χ1n) is 4.91. The maximum absolute atomic E-state index is 12.1. The van der Waals surface area contributed by atoms with Crippen LogP contribution in [0.15, 0.2) is 35.2 Å². The van der Waals surface area contributed by atoms with E-state index in [9.17, 15) is 8.42 Å². The van der Waals surface area contributed by atoms with E-state index in [2.05, 4.69) is 0 Å². The molecular formula is C10H14N2O2S. The second kappa shape index (κ2) is 3.92. The monoisotopic (exact) mass is 226 g/mol. The number of hydrogen-bond acceptors (Lipinski definition) is 3. The van der Waals surface area contributed by atoms with Crippen molar-refractivity contribution in [2.45, 2.75) is 17.4 Å². The standard InChI is InChI=1S/C10H14N2O2S/c11-9-6-7-12(8-9)15(13,14)10-4-2-1-3-5-10/h1-5,9H,6-8,11H2.